The first kappa shape index (κ1) is 13.4. The number of methoxy groups -OCH3 is 1. The van der Waals surface area contributed by atoms with Crippen molar-refractivity contribution >= 4 is 21.6 Å². The molecule has 0 amide bonds. The van der Waals surface area contributed by atoms with E-state index in [9.17, 15) is 5.26 Å². The van der Waals surface area contributed by atoms with Gasteiger partial charge >= 0.3 is 0 Å². The highest BCUT2D eigenvalue weighted by Gasteiger charge is 2.27. The van der Waals surface area contributed by atoms with Crippen molar-refractivity contribution in [2.24, 2.45) is 5.92 Å². The summed E-state index contributed by atoms with van der Waals surface area (Å²) in [4.78, 5) is 2.25. The molecule has 0 N–H and O–H groups in total. The first-order chi connectivity index (χ1) is 8.67. The summed E-state index contributed by atoms with van der Waals surface area (Å²) < 4.78 is 6.38. The van der Waals surface area contributed by atoms with E-state index < -0.39 is 0 Å². The maximum absolute atomic E-state index is 9.27. The molecule has 1 aliphatic rings. The van der Waals surface area contributed by atoms with Gasteiger partial charge in [0.1, 0.15) is 6.07 Å². The Balaban J connectivity index is 2.28. The molecule has 3 nitrogen and oxygen atoms in total. The number of hydrogen-bond acceptors (Lipinski definition) is 3. The lowest BCUT2D eigenvalue weighted by atomic mass is 9.95. The minimum absolute atomic E-state index is 0.240. The lowest BCUT2D eigenvalue weighted by Crippen LogP contribution is -2.44. The van der Waals surface area contributed by atoms with E-state index in [2.05, 4.69) is 33.8 Å². The number of piperidine rings is 1. The van der Waals surface area contributed by atoms with Gasteiger partial charge in [0, 0.05) is 24.7 Å². The Kier molecular flexibility index (Phi) is 4.26. The highest BCUT2D eigenvalue weighted by molar-refractivity contribution is 9.10. The summed E-state index contributed by atoms with van der Waals surface area (Å²) in [7, 11) is 1.76. The summed E-state index contributed by atoms with van der Waals surface area (Å²) in [6, 6.07) is 8.16. The number of ether oxygens (including phenoxy) is 1. The third-order valence-corrected chi connectivity index (χ3v) is 4.30. The molecule has 4 heteroatoms. The third-order valence-electron chi connectivity index (χ3n) is 3.64. The second-order valence-electron chi connectivity index (χ2n) is 4.73. The third kappa shape index (κ3) is 2.52. The maximum atomic E-state index is 9.27. The van der Waals surface area contributed by atoms with Gasteiger partial charge in [0.25, 0.3) is 0 Å². The van der Waals surface area contributed by atoms with Crippen LogP contribution in [0.15, 0.2) is 22.7 Å². The van der Waals surface area contributed by atoms with Gasteiger partial charge in [-0.05, 0) is 40.4 Å². The van der Waals surface area contributed by atoms with Crippen molar-refractivity contribution in [3.8, 4) is 6.07 Å². The SMILES string of the molecule is COC1CN(c2cccc(Br)c2C#N)CCC1C. The summed E-state index contributed by atoms with van der Waals surface area (Å²) in [6.45, 7) is 4.05. The zero-order valence-corrected chi connectivity index (χ0v) is 12.3. The fraction of sp³-hybridized carbons (Fsp3) is 0.500. The minimum atomic E-state index is 0.240. The van der Waals surface area contributed by atoms with Gasteiger partial charge in [-0.1, -0.05) is 13.0 Å². The summed E-state index contributed by atoms with van der Waals surface area (Å²) >= 11 is 3.44. The number of anilines is 1. The minimum Gasteiger partial charge on any atom is -0.379 e. The lowest BCUT2D eigenvalue weighted by molar-refractivity contribution is 0.0498. The summed E-state index contributed by atoms with van der Waals surface area (Å²) in [5, 5.41) is 9.27. The molecule has 1 fully saturated rings. The molecule has 0 aliphatic carbocycles. The average Bonchev–Trinajstić information content (AvgIpc) is 2.39. The molecular weight excluding hydrogens is 292 g/mol. The van der Waals surface area contributed by atoms with E-state index in [0.717, 1.165) is 29.7 Å². The molecule has 1 aromatic carbocycles. The van der Waals surface area contributed by atoms with Gasteiger partial charge in [-0.2, -0.15) is 5.26 Å². The Morgan fingerprint density at radius 3 is 2.94 bits per heavy atom. The highest BCUT2D eigenvalue weighted by Crippen LogP contribution is 2.30. The maximum Gasteiger partial charge on any atom is 0.103 e. The normalized spacial score (nSPS) is 23.8. The van der Waals surface area contributed by atoms with E-state index in [1.54, 1.807) is 7.11 Å². The molecule has 2 rings (SSSR count). The molecule has 2 atom stereocenters. The Morgan fingerprint density at radius 1 is 1.50 bits per heavy atom. The van der Waals surface area contributed by atoms with Crippen molar-refractivity contribution in [2.75, 3.05) is 25.1 Å². The zero-order chi connectivity index (χ0) is 13.1. The molecule has 0 spiro atoms. The van der Waals surface area contributed by atoms with Crippen molar-refractivity contribution in [1.82, 2.24) is 0 Å². The van der Waals surface area contributed by atoms with Crippen molar-refractivity contribution in [3.05, 3.63) is 28.2 Å². The van der Waals surface area contributed by atoms with Crippen LogP contribution in [0.5, 0.6) is 0 Å². The van der Waals surface area contributed by atoms with Crippen LogP contribution in [0.25, 0.3) is 0 Å². The topological polar surface area (TPSA) is 36.3 Å². The van der Waals surface area contributed by atoms with Gasteiger partial charge in [-0.15, -0.1) is 0 Å². The smallest absolute Gasteiger partial charge is 0.103 e. The van der Waals surface area contributed by atoms with Crippen LogP contribution in [0.1, 0.15) is 18.9 Å². The lowest BCUT2D eigenvalue weighted by Gasteiger charge is -2.38. The summed E-state index contributed by atoms with van der Waals surface area (Å²) in [6.07, 6.45) is 1.33. The number of nitrogens with zero attached hydrogens (tertiary/aromatic N) is 2. The Morgan fingerprint density at radius 2 is 2.28 bits per heavy atom. The second kappa shape index (κ2) is 5.73. The van der Waals surface area contributed by atoms with Crippen molar-refractivity contribution in [2.45, 2.75) is 19.4 Å². The molecule has 1 aliphatic heterocycles. The van der Waals surface area contributed by atoms with E-state index in [4.69, 9.17) is 4.74 Å². The van der Waals surface area contributed by atoms with Gasteiger partial charge in [0.15, 0.2) is 0 Å². The number of rotatable bonds is 2. The largest absolute Gasteiger partial charge is 0.379 e. The van der Waals surface area contributed by atoms with E-state index in [-0.39, 0.29) is 6.10 Å². The first-order valence-corrected chi connectivity index (χ1v) is 6.93. The predicted octanol–water partition coefficient (Wildman–Crippen LogP) is 3.18. The van der Waals surface area contributed by atoms with Crippen molar-refractivity contribution in [1.29, 1.82) is 5.26 Å². The molecule has 0 saturated carbocycles. The van der Waals surface area contributed by atoms with Crippen molar-refractivity contribution < 1.29 is 4.74 Å². The van der Waals surface area contributed by atoms with Gasteiger partial charge < -0.3 is 9.64 Å². The van der Waals surface area contributed by atoms with Gasteiger partial charge in [0.2, 0.25) is 0 Å². The van der Waals surface area contributed by atoms with Crippen LogP contribution < -0.4 is 4.90 Å². The van der Waals surface area contributed by atoms with E-state index >= 15 is 0 Å². The molecular formula is C14H17BrN2O. The average molecular weight is 309 g/mol. The molecule has 0 radical (unpaired) electrons. The van der Waals surface area contributed by atoms with E-state index in [0.29, 0.717) is 11.5 Å². The van der Waals surface area contributed by atoms with Gasteiger partial charge in [-0.3, -0.25) is 0 Å². The molecule has 1 aromatic rings. The van der Waals surface area contributed by atoms with Crippen LogP contribution in [0.2, 0.25) is 0 Å². The van der Waals surface area contributed by atoms with Crippen LogP contribution in [-0.4, -0.2) is 26.3 Å². The first-order valence-electron chi connectivity index (χ1n) is 6.13. The fourth-order valence-corrected chi connectivity index (χ4v) is 2.89. The Labute approximate surface area is 116 Å². The summed E-state index contributed by atoms with van der Waals surface area (Å²) in [5.74, 6) is 0.573. The van der Waals surface area contributed by atoms with Crippen LogP contribution in [0.4, 0.5) is 5.69 Å². The molecule has 18 heavy (non-hydrogen) atoms. The molecule has 1 heterocycles. The predicted molar refractivity (Wildman–Crippen MR) is 75.6 cm³/mol. The highest BCUT2D eigenvalue weighted by atomic mass is 79.9. The number of halogens is 1. The second-order valence-corrected chi connectivity index (χ2v) is 5.59. The van der Waals surface area contributed by atoms with Crippen LogP contribution in [0.3, 0.4) is 0 Å². The van der Waals surface area contributed by atoms with E-state index in [1.807, 2.05) is 18.2 Å². The number of benzene rings is 1. The standard InChI is InChI=1S/C14H17BrN2O/c1-10-6-7-17(9-14(10)18-2)13-5-3-4-12(15)11(13)8-16/h3-5,10,14H,6-7,9H2,1-2H3. The van der Waals surface area contributed by atoms with Crippen molar-refractivity contribution in [3.63, 3.8) is 0 Å². The van der Waals surface area contributed by atoms with Gasteiger partial charge in [-0.25, -0.2) is 0 Å². The van der Waals surface area contributed by atoms with Crippen LogP contribution >= 0.6 is 15.9 Å². The van der Waals surface area contributed by atoms with Gasteiger partial charge in [0.05, 0.1) is 17.4 Å². The zero-order valence-electron chi connectivity index (χ0n) is 10.7. The molecule has 2 unspecified atom stereocenters. The number of nitriles is 1. The van der Waals surface area contributed by atoms with E-state index in [1.165, 1.54) is 0 Å². The Bertz CT molecular complexity index is 469. The van der Waals surface area contributed by atoms with Crippen LogP contribution in [-0.2, 0) is 4.74 Å². The Hall–Kier alpha value is -1.05. The molecule has 0 aromatic heterocycles. The fourth-order valence-electron chi connectivity index (χ4n) is 2.45. The molecule has 1 saturated heterocycles. The molecule has 0 bridgehead atoms. The number of hydrogen-bond donors (Lipinski definition) is 0. The monoisotopic (exact) mass is 308 g/mol. The molecule has 96 valence electrons. The summed E-state index contributed by atoms with van der Waals surface area (Å²) in [5.41, 5.74) is 1.71. The van der Waals surface area contributed by atoms with Crippen LogP contribution in [0, 0.1) is 17.2 Å². The quantitative estimate of drug-likeness (QED) is 0.842.